The van der Waals surface area contributed by atoms with Crippen LogP contribution in [0.4, 0.5) is 4.39 Å². The van der Waals surface area contributed by atoms with Crippen molar-refractivity contribution in [2.24, 2.45) is 0 Å². The fraction of sp³-hybridized carbons (Fsp3) is 0.211. The van der Waals surface area contributed by atoms with E-state index >= 15 is 0 Å². The van der Waals surface area contributed by atoms with Crippen molar-refractivity contribution in [3.05, 3.63) is 65.7 Å². The molecule has 1 saturated heterocycles. The van der Waals surface area contributed by atoms with Crippen LogP contribution in [0.3, 0.4) is 0 Å². The zero-order valence-corrected chi connectivity index (χ0v) is 16.9. The lowest BCUT2D eigenvalue weighted by Crippen LogP contribution is -2.50. The summed E-state index contributed by atoms with van der Waals surface area (Å²) in [6.07, 6.45) is 4.27. The highest BCUT2D eigenvalue weighted by Gasteiger charge is 2.31. The number of rotatable bonds is 4. The molecule has 3 aromatic rings. The molecule has 10 heteroatoms. The molecule has 0 bridgehead atoms. The van der Waals surface area contributed by atoms with Gasteiger partial charge in [0, 0.05) is 44.1 Å². The third-order valence-electron chi connectivity index (χ3n) is 4.62. The first-order valence-electron chi connectivity index (χ1n) is 8.87. The molecule has 0 radical (unpaired) electrons. The summed E-state index contributed by atoms with van der Waals surface area (Å²) in [7, 11) is -3.63. The number of sulfonamides is 1. The van der Waals surface area contributed by atoms with Crippen LogP contribution in [-0.4, -0.2) is 59.7 Å². The van der Waals surface area contributed by atoms with E-state index in [0.717, 1.165) is 11.3 Å². The standard InChI is InChI=1S/C19H17FN4O3S2/c20-16-6-2-1-5-15(16)18-22-13-17(28-18)19(25)23-8-10-24(11-9-23)29(26,27)14-4-3-7-21-12-14/h1-7,12-13H,8-11H2. The number of halogens is 1. The van der Waals surface area contributed by atoms with E-state index in [1.807, 2.05) is 0 Å². The molecule has 2 aromatic heterocycles. The highest BCUT2D eigenvalue weighted by molar-refractivity contribution is 7.89. The summed E-state index contributed by atoms with van der Waals surface area (Å²) in [4.78, 5) is 22.9. The molecule has 0 spiro atoms. The quantitative estimate of drug-likeness (QED) is 0.633. The van der Waals surface area contributed by atoms with Gasteiger partial charge in [0.2, 0.25) is 10.0 Å². The number of nitrogens with zero attached hydrogens (tertiary/aromatic N) is 4. The van der Waals surface area contributed by atoms with E-state index in [0.29, 0.717) is 15.4 Å². The van der Waals surface area contributed by atoms with Crippen LogP contribution in [0.1, 0.15) is 9.67 Å². The lowest BCUT2D eigenvalue weighted by Gasteiger charge is -2.33. The van der Waals surface area contributed by atoms with Gasteiger partial charge < -0.3 is 4.90 Å². The van der Waals surface area contributed by atoms with Gasteiger partial charge in [-0.3, -0.25) is 9.78 Å². The predicted octanol–water partition coefficient (Wildman–Crippen LogP) is 2.49. The van der Waals surface area contributed by atoms with Crippen LogP contribution in [0.2, 0.25) is 0 Å². The van der Waals surface area contributed by atoms with Gasteiger partial charge in [-0.25, -0.2) is 17.8 Å². The van der Waals surface area contributed by atoms with Crippen LogP contribution >= 0.6 is 11.3 Å². The summed E-state index contributed by atoms with van der Waals surface area (Å²) in [5, 5.41) is 0.434. The lowest BCUT2D eigenvalue weighted by molar-refractivity contribution is 0.0702. The molecule has 1 aliphatic rings. The van der Waals surface area contributed by atoms with E-state index in [2.05, 4.69) is 9.97 Å². The number of pyridine rings is 1. The number of hydrogen-bond donors (Lipinski definition) is 0. The van der Waals surface area contributed by atoms with Crippen molar-refractivity contribution >= 4 is 27.3 Å². The van der Waals surface area contributed by atoms with E-state index in [1.165, 1.54) is 35.0 Å². The maximum absolute atomic E-state index is 13.9. The Morgan fingerprint density at radius 3 is 2.48 bits per heavy atom. The van der Waals surface area contributed by atoms with Gasteiger partial charge in [0.05, 0.1) is 6.20 Å². The molecular weight excluding hydrogens is 415 g/mol. The summed E-state index contributed by atoms with van der Waals surface area (Å²) < 4.78 is 40.6. The summed E-state index contributed by atoms with van der Waals surface area (Å²) >= 11 is 1.12. The Kier molecular flexibility index (Phi) is 5.39. The fourth-order valence-corrected chi connectivity index (χ4v) is 5.37. The highest BCUT2D eigenvalue weighted by atomic mass is 32.2. The third kappa shape index (κ3) is 3.91. The maximum atomic E-state index is 13.9. The van der Waals surface area contributed by atoms with E-state index in [9.17, 15) is 17.6 Å². The van der Waals surface area contributed by atoms with E-state index < -0.39 is 15.8 Å². The van der Waals surface area contributed by atoms with Crippen molar-refractivity contribution in [1.82, 2.24) is 19.2 Å². The van der Waals surface area contributed by atoms with Crippen molar-refractivity contribution in [3.8, 4) is 10.6 Å². The number of carbonyl (C=O) groups excluding carboxylic acids is 1. The smallest absolute Gasteiger partial charge is 0.265 e. The van der Waals surface area contributed by atoms with Crippen molar-refractivity contribution in [2.45, 2.75) is 4.90 Å². The average Bonchev–Trinajstić information content (AvgIpc) is 3.24. The Labute approximate surface area is 171 Å². The topological polar surface area (TPSA) is 83.5 Å². The number of hydrogen-bond acceptors (Lipinski definition) is 6. The summed E-state index contributed by atoms with van der Waals surface area (Å²) in [5.74, 6) is -0.626. The Hall–Kier alpha value is -2.69. The van der Waals surface area contributed by atoms with E-state index in [4.69, 9.17) is 0 Å². The average molecular weight is 433 g/mol. The van der Waals surface area contributed by atoms with Gasteiger partial charge in [-0.15, -0.1) is 11.3 Å². The molecule has 1 fully saturated rings. The number of thiazole rings is 1. The molecule has 29 heavy (non-hydrogen) atoms. The molecule has 1 amide bonds. The Morgan fingerprint density at radius 1 is 1.03 bits per heavy atom. The van der Waals surface area contributed by atoms with E-state index in [-0.39, 0.29) is 37.0 Å². The molecule has 0 saturated carbocycles. The van der Waals surface area contributed by atoms with Gasteiger partial charge in [0.25, 0.3) is 5.91 Å². The van der Waals surface area contributed by atoms with Crippen molar-refractivity contribution in [1.29, 1.82) is 0 Å². The van der Waals surface area contributed by atoms with Gasteiger partial charge in [-0.1, -0.05) is 12.1 Å². The third-order valence-corrected chi connectivity index (χ3v) is 7.52. The highest BCUT2D eigenvalue weighted by Crippen LogP contribution is 2.28. The van der Waals surface area contributed by atoms with Gasteiger partial charge in [-0.2, -0.15) is 4.31 Å². The molecule has 3 heterocycles. The summed E-state index contributed by atoms with van der Waals surface area (Å²) in [5.41, 5.74) is 0.351. The summed E-state index contributed by atoms with van der Waals surface area (Å²) in [6, 6.07) is 9.34. The van der Waals surface area contributed by atoms with Gasteiger partial charge in [0.15, 0.2) is 0 Å². The monoisotopic (exact) mass is 432 g/mol. The van der Waals surface area contributed by atoms with Gasteiger partial charge in [-0.05, 0) is 24.3 Å². The van der Waals surface area contributed by atoms with Crippen LogP contribution < -0.4 is 0 Å². The molecule has 4 rings (SSSR count). The lowest BCUT2D eigenvalue weighted by atomic mass is 10.2. The van der Waals surface area contributed by atoms with Crippen LogP contribution in [-0.2, 0) is 10.0 Å². The number of benzene rings is 1. The van der Waals surface area contributed by atoms with Crippen LogP contribution in [0.15, 0.2) is 59.9 Å². The first-order valence-corrected chi connectivity index (χ1v) is 11.1. The summed E-state index contributed by atoms with van der Waals surface area (Å²) in [6.45, 7) is 0.931. The fourth-order valence-electron chi connectivity index (χ4n) is 3.07. The molecule has 150 valence electrons. The van der Waals surface area contributed by atoms with Gasteiger partial charge >= 0.3 is 0 Å². The molecular formula is C19H17FN4O3S2. The maximum Gasteiger partial charge on any atom is 0.265 e. The van der Waals surface area contributed by atoms with E-state index in [1.54, 1.807) is 29.2 Å². The van der Waals surface area contributed by atoms with Crippen molar-refractivity contribution in [3.63, 3.8) is 0 Å². The zero-order chi connectivity index (χ0) is 20.4. The first-order chi connectivity index (χ1) is 14.0. The minimum absolute atomic E-state index is 0.136. The number of aromatic nitrogens is 2. The van der Waals surface area contributed by atoms with Gasteiger partial charge in [0.1, 0.15) is 20.6 Å². The molecule has 1 aromatic carbocycles. The molecule has 0 N–H and O–H groups in total. The Bertz CT molecular complexity index is 1130. The second kappa shape index (κ2) is 7.97. The second-order valence-corrected chi connectivity index (χ2v) is 9.36. The van der Waals surface area contributed by atoms with Crippen LogP contribution in [0.25, 0.3) is 10.6 Å². The molecule has 0 unspecified atom stereocenters. The first kappa shape index (κ1) is 19.6. The second-order valence-electron chi connectivity index (χ2n) is 6.39. The zero-order valence-electron chi connectivity index (χ0n) is 15.2. The number of amides is 1. The van der Waals surface area contributed by atoms with Crippen molar-refractivity contribution < 1.29 is 17.6 Å². The predicted molar refractivity (Wildman–Crippen MR) is 106 cm³/mol. The minimum atomic E-state index is -3.63. The van der Waals surface area contributed by atoms with Crippen LogP contribution in [0.5, 0.6) is 0 Å². The SMILES string of the molecule is O=C(c1cnc(-c2ccccc2F)s1)N1CCN(S(=O)(=O)c2cccnc2)CC1. The Morgan fingerprint density at radius 2 is 1.79 bits per heavy atom. The van der Waals surface area contributed by atoms with Crippen molar-refractivity contribution in [2.75, 3.05) is 26.2 Å². The molecule has 1 aliphatic heterocycles. The van der Waals surface area contributed by atoms with Crippen LogP contribution in [0, 0.1) is 5.82 Å². The largest absolute Gasteiger partial charge is 0.335 e. The molecule has 7 nitrogen and oxygen atoms in total. The Balaban J connectivity index is 1.44. The number of piperazine rings is 1. The number of carbonyl (C=O) groups is 1. The normalized spacial score (nSPS) is 15.4. The molecule has 0 aliphatic carbocycles. The molecule has 0 atom stereocenters. The minimum Gasteiger partial charge on any atom is -0.335 e.